The Labute approximate surface area is 105 Å². The first-order valence-corrected chi connectivity index (χ1v) is 6.70. The van der Waals surface area contributed by atoms with Gasteiger partial charge in [0.15, 0.2) is 11.5 Å². The standard InChI is InChI=1S/C12H16O4S/c1-3-15-11-8-9(12(13)14)4-5-10(11)16-6-7-17-2/h4-5,8H,3,6-7H2,1-2H3,(H,13,14). The van der Waals surface area contributed by atoms with E-state index in [1.165, 1.54) is 12.1 Å². The highest BCUT2D eigenvalue weighted by Gasteiger charge is 2.10. The van der Waals surface area contributed by atoms with Crippen molar-refractivity contribution in [2.75, 3.05) is 25.2 Å². The van der Waals surface area contributed by atoms with Crippen molar-refractivity contribution >= 4 is 17.7 Å². The lowest BCUT2D eigenvalue weighted by molar-refractivity contribution is 0.0696. The second-order valence-corrected chi connectivity index (χ2v) is 4.23. The van der Waals surface area contributed by atoms with Crippen molar-refractivity contribution in [1.29, 1.82) is 0 Å². The Morgan fingerprint density at radius 1 is 1.35 bits per heavy atom. The second-order valence-electron chi connectivity index (χ2n) is 3.24. The van der Waals surface area contributed by atoms with E-state index in [9.17, 15) is 4.79 Å². The number of hydrogen-bond donors (Lipinski definition) is 1. The fourth-order valence-corrected chi connectivity index (χ4v) is 1.51. The van der Waals surface area contributed by atoms with Crippen LogP contribution < -0.4 is 9.47 Å². The second kappa shape index (κ2) is 7.06. The molecule has 1 aromatic rings. The summed E-state index contributed by atoms with van der Waals surface area (Å²) >= 11 is 1.69. The first-order chi connectivity index (χ1) is 8.19. The summed E-state index contributed by atoms with van der Waals surface area (Å²) in [6.45, 7) is 2.90. The van der Waals surface area contributed by atoms with Crippen LogP contribution in [-0.4, -0.2) is 36.3 Å². The zero-order valence-corrected chi connectivity index (χ0v) is 10.8. The van der Waals surface area contributed by atoms with Crippen LogP contribution in [0.15, 0.2) is 18.2 Å². The number of ether oxygens (including phenoxy) is 2. The zero-order valence-electron chi connectivity index (χ0n) is 9.93. The van der Waals surface area contributed by atoms with Crippen molar-refractivity contribution in [3.05, 3.63) is 23.8 Å². The third-order valence-corrected chi connectivity index (χ3v) is 2.61. The molecule has 0 unspecified atom stereocenters. The molecule has 0 saturated carbocycles. The molecule has 0 aliphatic carbocycles. The molecule has 0 fully saturated rings. The van der Waals surface area contributed by atoms with E-state index in [4.69, 9.17) is 14.6 Å². The Kier molecular flexibility index (Phi) is 5.69. The zero-order chi connectivity index (χ0) is 12.7. The highest BCUT2D eigenvalue weighted by Crippen LogP contribution is 2.28. The SMILES string of the molecule is CCOc1cc(C(=O)O)ccc1OCCSC. The van der Waals surface area contributed by atoms with E-state index in [1.807, 2.05) is 13.2 Å². The predicted octanol–water partition coefficient (Wildman–Crippen LogP) is 2.53. The Balaban J connectivity index is 2.83. The van der Waals surface area contributed by atoms with E-state index >= 15 is 0 Å². The number of rotatable bonds is 7. The molecule has 0 saturated heterocycles. The number of carbonyl (C=O) groups is 1. The molecular weight excluding hydrogens is 240 g/mol. The molecule has 1 rings (SSSR count). The van der Waals surface area contributed by atoms with Gasteiger partial charge in [0.25, 0.3) is 0 Å². The van der Waals surface area contributed by atoms with Crippen LogP contribution in [0.5, 0.6) is 11.5 Å². The van der Waals surface area contributed by atoms with Crippen molar-refractivity contribution in [2.24, 2.45) is 0 Å². The van der Waals surface area contributed by atoms with Crippen LogP contribution in [0.3, 0.4) is 0 Å². The van der Waals surface area contributed by atoms with E-state index in [1.54, 1.807) is 17.8 Å². The van der Waals surface area contributed by atoms with Gasteiger partial charge < -0.3 is 14.6 Å². The van der Waals surface area contributed by atoms with Crippen molar-refractivity contribution in [2.45, 2.75) is 6.92 Å². The molecule has 0 amide bonds. The summed E-state index contributed by atoms with van der Waals surface area (Å²) < 4.78 is 10.9. The fourth-order valence-electron chi connectivity index (χ4n) is 1.26. The summed E-state index contributed by atoms with van der Waals surface area (Å²) in [5.41, 5.74) is 0.200. The maximum Gasteiger partial charge on any atom is 0.335 e. The van der Waals surface area contributed by atoms with Crippen molar-refractivity contribution in [3.8, 4) is 11.5 Å². The van der Waals surface area contributed by atoms with Crippen molar-refractivity contribution in [1.82, 2.24) is 0 Å². The van der Waals surface area contributed by atoms with Gasteiger partial charge in [-0.05, 0) is 31.4 Å². The van der Waals surface area contributed by atoms with Crippen LogP contribution in [0, 0.1) is 0 Å². The van der Waals surface area contributed by atoms with Gasteiger partial charge in [-0.15, -0.1) is 0 Å². The van der Waals surface area contributed by atoms with Gasteiger partial charge in [-0.1, -0.05) is 0 Å². The van der Waals surface area contributed by atoms with Crippen LogP contribution in [0.2, 0.25) is 0 Å². The van der Waals surface area contributed by atoms with E-state index in [0.29, 0.717) is 24.7 Å². The first-order valence-electron chi connectivity index (χ1n) is 5.31. The summed E-state index contributed by atoms with van der Waals surface area (Å²) in [5.74, 6) is 0.979. The minimum Gasteiger partial charge on any atom is -0.490 e. The smallest absolute Gasteiger partial charge is 0.335 e. The molecule has 0 aliphatic rings. The van der Waals surface area contributed by atoms with Gasteiger partial charge in [-0.3, -0.25) is 0 Å². The summed E-state index contributed by atoms with van der Waals surface area (Å²) in [5, 5.41) is 8.88. The van der Waals surface area contributed by atoms with Crippen LogP contribution in [-0.2, 0) is 0 Å². The average Bonchev–Trinajstić information content (AvgIpc) is 2.31. The number of thioether (sulfide) groups is 1. The lowest BCUT2D eigenvalue weighted by atomic mass is 10.2. The lowest BCUT2D eigenvalue weighted by Crippen LogP contribution is -2.04. The monoisotopic (exact) mass is 256 g/mol. The van der Waals surface area contributed by atoms with Crippen molar-refractivity contribution < 1.29 is 19.4 Å². The average molecular weight is 256 g/mol. The van der Waals surface area contributed by atoms with E-state index in [0.717, 1.165) is 5.75 Å². The van der Waals surface area contributed by atoms with E-state index < -0.39 is 5.97 Å². The highest BCUT2D eigenvalue weighted by atomic mass is 32.2. The summed E-state index contributed by atoms with van der Waals surface area (Å²) in [6, 6.07) is 4.63. The molecule has 0 heterocycles. The number of benzene rings is 1. The molecular formula is C12H16O4S. The molecule has 0 aliphatic heterocycles. The van der Waals surface area contributed by atoms with Crippen molar-refractivity contribution in [3.63, 3.8) is 0 Å². The van der Waals surface area contributed by atoms with Gasteiger partial charge in [0.1, 0.15) is 0 Å². The van der Waals surface area contributed by atoms with E-state index in [-0.39, 0.29) is 5.56 Å². The Morgan fingerprint density at radius 2 is 2.12 bits per heavy atom. The summed E-state index contributed by atoms with van der Waals surface area (Å²) in [6.07, 6.45) is 2.00. The van der Waals surface area contributed by atoms with Crippen LogP contribution in [0.1, 0.15) is 17.3 Å². The molecule has 94 valence electrons. The number of carboxylic acids is 1. The van der Waals surface area contributed by atoms with Gasteiger partial charge in [0.05, 0.1) is 18.8 Å². The number of aromatic carboxylic acids is 1. The maximum absolute atomic E-state index is 10.8. The van der Waals surface area contributed by atoms with Gasteiger partial charge in [0, 0.05) is 5.75 Å². The first kappa shape index (κ1) is 13.7. The molecule has 0 bridgehead atoms. The minimum atomic E-state index is -0.971. The van der Waals surface area contributed by atoms with Gasteiger partial charge in [0.2, 0.25) is 0 Å². The topological polar surface area (TPSA) is 55.8 Å². The van der Waals surface area contributed by atoms with Gasteiger partial charge in [-0.2, -0.15) is 11.8 Å². The Morgan fingerprint density at radius 3 is 2.71 bits per heavy atom. The van der Waals surface area contributed by atoms with Crippen LogP contribution >= 0.6 is 11.8 Å². The molecule has 0 spiro atoms. The highest BCUT2D eigenvalue weighted by molar-refractivity contribution is 7.98. The Bertz CT molecular complexity index is 379. The number of carboxylic acid groups (broad SMARTS) is 1. The summed E-state index contributed by atoms with van der Waals surface area (Å²) in [4.78, 5) is 10.8. The molecule has 4 nitrogen and oxygen atoms in total. The van der Waals surface area contributed by atoms with Gasteiger partial charge in [-0.25, -0.2) is 4.79 Å². The molecule has 17 heavy (non-hydrogen) atoms. The third kappa shape index (κ3) is 4.19. The predicted molar refractivity (Wildman–Crippen MR) is 68.4 cm³/mol. The van der Waals surface area contributed by atoms with Crippen LogP contribution in [0.4, 0.5) is 0 Å². The lowest BCUT2D eigenvalue weighted by Gasteiger charge is -2.12. The fraction of sp³-hybridized carbons (Fsp3) is 0.417. The minimum absolute atomic E-state index is 0.200. The maximum atomic E-state index is 10.8. The van der Waals surface area contributed by atoms with E-state index in [2.05, 4.69) is 0 Å². The van der Waals surface area contributed by atoms with Crippen LogP contribution in [0.25, 0.3) is 0 Å². The molecule has 5 heteroatoms. The molecule has 0 aromatic heterocycles. The quantitative estimate of drug-likeness (QED) is 0.760. The normalized spacial score (nSPS) is 10.0. The summed E-state index contributed by atoms with van der Waals surface area (Å²) in [7, 11) is 0. The Hall–Kier alpha value is -1.36. The third-order valence-electron chi connectivity index (χ3n) is 2.04. The molecule has 1 N–H and O–H groups in total. The largest absolute Gasteiger partial charge is 0.490 e. The number of hydrogen-bond acceptors (Lipinski definition) is 4. The molecule has 0 radical (unpaired) electrons. The van der Waals surface area contributed by atoms with Gasteiger partial charge >= 0.3 is 5.97 Å². The molecule has 0 atom stereocenters. The molecule has 1 aromatic carbocycles.